The zero-order valence-electron chi connectivity index (χ0n) is 15.1. The highest BCUT2D eigenvalue weighted by Crippen LogP contribution is 2.25. The van der Waals surface area contributed by atoms with Crippen molar-refractivity contribution in [2.75, 3.05) is 25.5 Å². The number of likely N-dealkylation sites (tertiary alicyclic amines) is 1. The van der Waals surface area contributed by atoms with E-state index in [-0.39, 0.29) is 23.5 Å². The predicted octanol–water partition coefficient (Wildman–Crippen LogP) is 3.51. The van der Waals surface area contributed by atoms with E-state index in [1.807, 2.05) is 0 Å². The minimum absolute atomic E-state index is 0.0610. The Kier molecular flexibility index (Phi) is 6.40. The van der Waals surface area contributed by atoms with Gasteiger partial charge in [-0.1, -0.05) is 0 Å². The van der Waals surface area contributed by atoms with Crippen LogP contribution < -0.4 is 10.1 Å². The van der Waals surface area contributed by atoms with Gasteiger partial charge in [0.1, 0.15) is 11.4 Å². The molecule has 1 aliphatic rings. The Bertz CT molecular complexity index is 820. The Hall–Kier alpha value is -2.75. The van der Waals surface area contributed by atoms with Crippen molar-refractivity contribution in [2.24, 2.45) is 5.92 Å². The van der Waals surface area contributed by atoms with Gasteiger partial charge in [-0.15, -0.1) is 11.3 Å². The Balaban J connectivity index is 1.56. The summed E-state index contributed by atoms with van der Waals surface area (Å²) in [7, 11) is 1.36. The van der Waals surface area contributed by atoms with E-state index in [9.17, 15) is 18.4 Å². The molecule has 28 heavy (non-hydrogen) atoms. The predicted molar refractivity (Wildman–Crippen MR) is 99.1 cm³/mol. The molecule has 150 valence electrons. The maximum absolute atomic E-state index is 12.6. The third-order valence-electron chi connectivity index (χ3n) is 4.37. The van der Waals surface area contributed by atoms with E-state index in [4.69, 9.17) is 4.74 Å². The van der Waals surface area contributed by atoms with Crippen molar-refractivity contribution in [1.29, 1.82) is 0 Å². The van der Waals surface area contributed by atoms with E-state index in [0.717, 1.165) is 0 Å². The minimum Gasteiger partial charge on any atom is -0.469 e. The fourth-order valence-electron chi connectivity index (χ4n) is 2.92. The number of halogens is 2. The van der Waals surface area contributed by atoms with Gasteiger partial charge in [-0.2, -0.15) is 8.78 Å². The summed E-state index contributed by atoms with van der Waals surface area (Å²) in [6.45, 7) is -1.92. The molecular weight excluding hydrogens is 392 g/mol. The number of amides is 1. The van der Waals surface area contributed by atoms with Gasteiger partial charge in [-0.05, 0) is 37.1 Å². The average molecular weight is 411 g/mol. The van der Waals surface area contributed by atoms with Crippen molar-refractivity contribution in [3.63, 3.8) is 0 Å². The van der Waals surface area contributed by atoms with Gasteiger partial charge in [0.05, 0.1) is 13.0 Å². The molecule has 1 N–H and O–H groups in total. The van der Waals surface area contributed by atoms with Crippen molar-refractivity contribution < 1.29 is 27.8 Å². The molecule has 7 nitrogen and oxygen atoms in total. The first-order valence-corrected chi connectivity index (χ1v) is 9.48. The second-order valence-corrected chi connectivity index (χ2v) is 7.01. The normalized spacial score (nSPS) is 14.8. The molecule has 0 spiro atoms. The molecule has 0 unspecified atom stereocenters. The molecule has 0 aliphatic carbocycles. The van der Waals surface area contributed by atoms with Crippen LogP contribution in [0.1, 0.15) is 23.3 Å². The number of aromatic nitrogens is 1. The van der Waals surface area contributed by atoms with Crippen molar-refractivity contribution in [3.05, 3.63) is 35.3 Å². The third-order valence-corrected chi connectivity index (χ3v) is 5.13. The zero-order valence-corrected chi connectivity index (χ0v) is 15.9. The number of carbonyl (C=O) groups excluding carboxylic acids is 2. The largest absolute Gasteiger partial charge is 0.469 e. The molecule has 3 rings (SSSR count). The third kappa shape index (κ3) is 4.94. The zero-order chi connectivity index (χ0) is 20.1. The number of ether oxygens (including phenoxy) is 2. The first-order valence-electron chi connectivity index (χ1n) is 8.61. The maximum atomic E-state index is 12.6. The Morgan fingerprint density at radius 3 is 2.54 bits per heavy atom. The van der Waals surface area contributed by atoms with E-state index in [2.05, 4.69) is 15.0 Å². The number of rotatable bonds is 6. The first kappa shape index (κ1) is 20.0. The minimum atomic E-state index is -2.87. The van der Waals surface area contributed by atoms with Crippen LogP contribution in [0.25, 0.3) is 0 Å². The van der Waals surface area contributed by atoms with Crippen LogP contribution in [0.3, 0.4) is 0 Å². The number of benzene rings is 1. The quantitative estimate of drug-likeness (QED) is 0.733. The second-order valence-electron chi connectivity index (χ2n) is 6.16. The molecule has 1 fully saturated rings. The number of methoxy groups -OCH3 is 1. The van der Waals surface area contributed by atoms with Crippen molar-refractivity contribution in [1.82, 2.24) is 9.88 Å². The van der Waals surface area contributed by atoms with Gasteiger partial charge < -0.3 is 19.7 Å². The number of esters is 1. The highest BCUT2D eigenvalue weighted by molar-refractivity contribution is 7.14. The van der Waals surface area contributed by atoms with E-state index in [1.165, 1.54) is 30.6 Å². The summed E-state index contributed by atoms with van der Waals surface area (Å²) in [5, 5.41) is 5.19. The van der Waals surface area contributed by atoms with Gasteiger partial charge in [-0.3, -0.25) is 9.59 Å². The van der Waals surface area contributed by atoms with Crippen molar-refractivity contribution in [2.45, 2.75) is 19.5 Å². The standard InChI is InChI=1S/C18H19F2N3O4S/c1-26-16(25)11-6-8-23(9-7-11)15(24)14-10-28-18(22-14)21-12-2-4-13(5-3-12)27-17(19)20/h2-5,10-11,17H,6-9H2,1H3,(H,21,22). The summed E-state index contributed by atoms with van der Waals surface area (Å²) in [4.78, 5) is 30.1. The van der Waals surface area contributed by atoms with E-state index >= 15 is 0 Å². The molecule has 1 saturated heterocycles. The van der Waals surface area contributed by atoms with Crippen LogP contribution in [-0.2, 0) is 9.53 Å². The molecule has 1 aromatic heterocycles. The molecule has 2 heterocycles. The van der Waals surface area contributed by atoms with Gasteiger partial charge in [0.25, 0.3) is 5.91 Å². The van der Waals surface area contributed by atoms with Crippen LogP contribution in [0.5, 0.6) is 5.75 Å². The van der Waals surface area contributed by atoms with Gasteiger partial charge in [0, 0.05) is 24.2 Å². The molecule has 2 aromatic rings. The number of piperidine rings is 1. The number of nitrogens with one attached hydrogen (secondary N) is 1. The summed E-state index contributed by atoms with van der Waals surface area (Å²) in [5.74, 6) is -0.532. The average Bonchev–Trinajstić information content (AvgIpc) is 3.16. The molecular formula is C18H19F2N3O4S. The van der Waals surface area contributed by atoms with Crippen LogP contribution in [0.15, 0.2) is 29.6 Å². The van der Waals surface area contributed by atoms with E-state index in [0.29, 0.717) is 42.4 Å². The second kappa shape index (κ2) is 8.96. The lowest BCUT2D eigenvalue weighted by atomic mass is 9.97. The Morgan fingerprint density at radius 2 is 1.93 bits per heavy atom. The van der Waals surface area contributed by atoms with Gasteiger partial charge in [0.2, 0.25) is 0 Å². The van der Waals surface area contributed by atoms with Crippen LogP contribution in [0.2, 0.25) is 0 Å². The topological polar surface area (TPSA) is 80.8 Å². The van der Waals surface area contributed by atoms with Crippen molar-refractivity contribution in [3.8, 4) is 5.75 Å². The lowest BCUT2D eigenvalue weighted by molar-refractivity contribution is -0.146. The number of hydrogen-bond acceptors (Lipinski definition) is 7. The molecule has 0 atom stereocenters. The van der Waals surface area contributed by atoms with Gasteiger partial charge in [-0.25, -0.2) is 4.98 Å². The van der Waals surface area contributed by atoms with Gasteiger partial charge in [0.15, 0.2) is 5.13 Å². The lowest BCUT2D eigenvalue weighted by Crippen LogP contribution is -2.40. The van der Waals surface area contributed by atoms with E-state index < -0.39 is 6.61 Å². The van der Waals surface area contributed by atoms with Crippen LogP contribution in [0.4, 0.5) is 19.6 Å². The molecule has 1 amide bonds. The summed E-state index contributed by atoms with van der Waals surface area (Å²) < 4.78 is 33.4. The first-order chi connectivity index (χ1) is 13.5. The molecule has 10 heteroatoms. The summed E-state index contributed by atoms with van der Waals surface area (Å²) in [6, 6.07) is 6.00. The fraction of sp³-hybridized carbons (Fsp3) is 0.389. The number of hydrogen-bond donors (Lipinski definition) is 1. The highest BCUT2D eigenvalue weighted by atomic mass is 32.1. The summed E-state index contributed by atoms with van der Waals surface area (Å²) >= 11 is 1.27. The van der Waals surface area contributed by atoms with Crippen molar-refractivity contribution >= 4 is 34.0 Å². The molecule has 1 aliphatic heterocycles. The SMILES string of the molecule is COC(=O)C1CCN(C(=O)c2csc(Nc3ccc(OC(F)F)cc3)n2)CC1. The van der Waals surface area contributed by atoms with Crippen LogP contribution in [-0.4, -0.2) is 48.6 Å². The number of thiazole rings is 1. The smallest absolute Gasteiger partial charge is 0.387 e. The maximum Gasteiger partial charge on any atom is 0.387 e. The number of alkyl halides is 2. The summed E-state index contributed by atoms with van der Waals surface area (Å²) in [6.07, 6.45) is 1.14. The number of nitrogens with zero attached hydrogens (tertiary/aromatic N) is 2. The molecule has 0 radical (unpaired) electrons. The van der Waals surface area contributed by atoms with Crippen LogP contribution in [0, 0.1) is 5.92 Å². The highest BCUT2D eigenvalue weighted by Gasteiger charge is 2.29. The Morgan fingerprint density at radius 1 is 1.25 bits per heavy atom. The monoisotopic (exact) mass is 411 g/mol. The molecule has 0 bridgehead atoms. The number of carbonyl (C=O) groups is 2. The summed E-state index contributed by atoms with van der Waals surface area (Å²) in [5.41, 5.74) is 0.954. The van der Waals surface area contributed by atoms with Gasteiger partial charge >= 0.3 is 12.6 Å². The molecule has 1 aromatic carbocycles. The van der Waals surface area contributed by atoms with Crippen LogP contribution >= 0.6 is 11.3 Å². The number of anilines is 2. The molecule has 0 saturated carbocycles. The lowest BCUT2D eigenvalue weighted by Gasteiger charge is -2.30. The van der Waals surface area contributed by atoms with E-state index in [1.54, 1.807) is 22.4 Å². The Labute approximate surface area is 164 Å². The fourth-order valence-corrected chi connectivity index (χ4v) is 3.62.